The largest absolute Gasteiger partial charge is 0.328 e. The van der Waals surface area contributed by atoms with E-state index in [4.69, 9.17) is 21.4 Å². The minimum atomic E-state index is -3.89. The second-order valence-corrected chi connectivity index (χ2v) is 12.8. The molecule has 0 saturated heterocycles. The Labute approximate surface area is 205 Å². The third kappa shape index (κ3) is 4.83. The van der Waals surface area contributed by atoms with E-state index in [9.17, 15) is 21.6 Å². The van der Waals surface area contributed by atoms with Crippen molar-refractivity contribution in [2.24, 2.45) is 0 Å². The van der Waals surface area contributed by atoms with Crippen molar-refractivity contribution in [3.05, 3.63) is 72.8 Å². The van der Waals surface area contributed by atoms with Crippen LogP contribution in [-0.4, -0.2) is 37.0 Å². The van der Waals surface area contributed by atoms with Crippen LogP contribution in [0.25, 0.3) is 21.5 Å². The fourth-order valence-corrected chi connectivity index (χ4v) is 5.16. The van der Waals surface area contributed by atoms with E-state index in [1.165, 1.54) is 34.1 Å². The predicted molar refractivity (Wildman–Crippen MR) is 136 cm³/mol. The lowest BCUT2D eigenvalue weighted by Crippen LogP contribution is -2.38. The first-order chi connectivity index (χ1) is 15.8. The summed E-state index contributed by atoms with van der Waals surface area (Å²) >= 11 is 0. The molecular formula is C23H18Cl2N2O5S2. The number of benzene rings is 4. The van der Waals surface area contributed by atoms with Crippen LogP contribution in [0.15, 0.2) is 82.6 Å². The van der Waals surface area contributed by atoms with Crippen LogP contribution in [0.5, 0.6) is 0 Å². The Balaban J connectivity index is 1.66. The monoisotopic (exact) mass is 536 g/mol. The molecule has 0 aromatic heterocycles. The van der Waals surface area contributed by atoms with E-state index >= 15 is 0 Å². The molecule has 2 amide bonds. The second-order valence-electron chi connectivity index (χ2n) is 7.66. The summed E-state index contributed by atoms with van der Waals surface area (Å²) in [5.41, 5.74) is 1.09. The summed E-state index contributed by atoms with van der Waals surface area (Å²) in [6.07, 6.45) is 0. The molecule has 0 aliphatic rings. The highest BCUT2D eigenvalue weighted by Crippen LogP contribution is 2.29. The zero-order valence-electron chi connectivity index (χ0n) is 17.9. The Bertz CT molecular complexity index is 1550. The fourth-order valence-electron chi connectivity index (χ4n) is 3.59. The van der Waals surface area contributed by atoms with Gasteiger partial charge >= 0.3 is 6.03 Å². The Morgan fingerprint density at radius 1 is 0.588 bits per heavy atom. The molecule has 0 fully saturated rings. The normalized spacial score (nSPS) is 12.1. The quantitative estimate of drug-likeness (QED) is 0.319. The van der Waals surface area contributed by atoms with Crippen LogP contribution in [0.2, 0.25) is 0 Å². The van der Waals surface area contributed by atoms with E-state index in [2.05, 4.69) is 0 Å². The lowest BCUT2D eigenvalue weighted by Gasteiger charge is -2.25. The van der Waals surface area contributed by atoms with Gasteiger partial charge in [0, 0.05) is 46.8 Å². The maximum Gasteiger partial charge on any atom is 0.328 e. The highest BCUT2D eigenvalue weighted by Gasteiger charge is 2.19. The van der Waals surface area contributed by atoms with Crippen molar-refractivity contribution in [1.29, 1.82) is 0 Å². The number of amides is 2. The van der Waals surface area contributed by atoms with E-state index in [1.54, 1.807) is 62.6 Å². The second kappa shape index (κ2) is 8.74. The van der Waals surface area contributed by atoms with E-state index in [-0.39, 0.29) is 15.8 Å². The summed E-state index contributed by atoms with van der Waals surface area (Å²) in [6.45, 7) is 0. The summed E-state index contributed by atoms with van der Waals surface area (Å²) < 4.78 is 46.7. The third-order valence-corrected chi connectivity index (χ3v) is 8.21. The molecule has 0 atom stereocenters. The average molecular weight is 537 g/mol. The number of halogens is 2. The molecule has 34 heavy (non-hydrogen) atoms. The standard InChI is InChI=1S/C23H18Cl2N2O5S2/c1-26(19-7-3-15-5-9-21(33(24,29)30)13-17(15)11-19)23(28)27(2)20-8-4-16-6-10-22(34(25,31)32)14-18(16)12-20/h3-14H,1-2H3. The van der Waals surface area contributed by atoms with Crippen LogP contribution < -0.4 is 9.80 Å². The van der Waals surface area contributed by atoms with Gasteiger partial charge in [0.05, 0.1) is 9.79 Å². The molecule has 0 radical (unpaired) electrons. The van der Waals surface area contributed by atoms with E-state index in [1.807, 2.05) is 0 Å². The van der Waals surface area contributed by atoms with Gasteiger partial charge in [-0.1, -0.05) is 24.3 Å². The summed E-state index contributed by atoms with van der Waals surface area (Å²) in [5.74, 6) is 0. The number of hydrogen-bond donors (Lipinski definition) is 0. The highest BCUT2D eigenvalue weighted by atomic mass is 35.7. The van der Waals surface area contributed by atoms with Crippen LogP contribution in [0.1, 0.15) is 0 Å². The molecule has 4 rings (SSSR count). The molecule has 0 aliphatic carbocycles. The molecule has 0 N–H and O–H groups in total. The van der Waals surface area contributed by atoms with Gasteiger partial charge in [-0.3, -0.25) is 9.80 Å². The number of rotatable bonds is 4. The van der Waals surface area contributed by atoms with E-state index in [0.29, 0.717) is 22.1 Å². The van der Waals surface area contributed by atoms with Crippen LogP contribution in [0.4, 0.5) is 16.2 Å². The maximum absolute atomic E-state index is 13.2. The Morgan fingerprint density at radius 3 is 1.29 bits per heavy atom. The smallest absolute Gasteiger partial charge is 0.297 e. The predicted octanol–water partition coefficient (Wildman–Crippen LogP) is 5.54. The van der Waals surface area contributed by atoms with Gasteiger partial charge in [0.15, 0.2) is 0 Å². The summed E-state index contributed by atoms with van der Waals surface area (Å²) in [4.78, 5) is 16.0. The molecule has 0 spiro atoms. The molecule has 4 aromatic rings. The number of nitrogens with zero attached hydrogens (tertiary/aromatic N) is 2. The lowest BCUT2D eigenvalue weighted by molar-refractivity contribution is 0.253. The lowest BCUT2D eigenvalue weighted by atomic mass is 10.1. The topological polar surface area (TPSA) is 91.8 Å². The van der Waals surface area contributed by atoms with Gasteiger partial charge in [0.2, 0.25) is 0 Å². The average Bonchev–Trinajstić information content (AvgIpc) is 2.80. The van der Waals surface area contributed by atoms with E-state index < -0.39 is 18.1 Å². The molecule has 4 aromatic carbocycles. The molecule has 0 saturated carbocycles. The molecule has 0 heterocycles. The van der Waals surface area contributed by atoms with Gasteiger partial charge in [-0.15, -0.1) is 0 Å². The van der Waals surface area contributed by atoms with Crippen LogP contribution in [-0.2, 0) is 18.1 Å². The number of urea groups is 1. The molecule has 0 unspecified atom stereocenters. The number of carbonyl (C=O) groups is 1. The van der Waals surface area contributed by atoms with Crippen LogP contribution in [0, 0.1) is 0 Å². The van der Waals surface area contributed by atoms with Crippen molar-refractivity contribution in [3.63, 3.8) is 0 Å². The highest BCUT2D eigenvalue weighted by molar-refractivity contribution is 8.14. The zero-order valence-corrected chi connectivity index (χ0v) is 21.1. The molecule has 0 bridgehead atoms. The molecule has 0 aliphatic heterocycles. The first-order valence-electron chi connectivity index (χ1n) is 9.83. The van der Waals surface area contributed by atoms with Crippen molar-refractivity contribution in [2.45, 2.75) is 9.79 Å². The minimum Gasteiger partial charge on any atom is -0.297 e. The van der Waals surface area contributed by atoms with Crippen molar-refractivity contribution in [3.8, 4) is 0 Å². The maximum atomic E-state index is 13.2. The van der Waals surface area contributed by atoms with Crippen LogP contribution >= 0.6 is 21.4 Å². The number of carbonyl (C=O) groups excluding carboxylic acids is 1. The number of fused-ring (bicyclic) bond motifs is 2. The Hall–Kier alpha value is -2.85. The summed E-state index contributed by atoms with van der Waals surface area (Å²) in [7, 11) is 6.34. The van der Waals surface area contributed by atoms with Gasteiger partial charge in [-0.25, -0.2) is 21.6 Å². The number of anilines is 2. The van der Waals surface area contributed by atoms with Gasteiger partial charge in [-0.05, 0) is 70.1 Å². The zero-order chi connectivity index (χ0) is 24.8. The van der Waals surface area contributed by atoms with Crippen LogP contribution in [0.3, 0.4) is 0 Å². The summed E-state index contributed by atoms with van der Waals surface area (Å²) in [5, 5.41) is 2.81. The first-order valence-corrected chi connectivity index (χ1v) is 14.4. The van der Waals surface area contributed by atoms with Crippen molar-refractivity contribution in [1.82, 2.24) is 0 Å². The van der Waals surface area contributed by atoms with E-state index in [0.717, 1.165) is 10.8 Å². The molecular weight excluding hydrogens is 519 g/mol. The summed E-state index contributed by atoms with van der Waals surface area (Å²) in [6, 6.07) is 19.1. The molecule has 176 valence electrons. The third-order valence-electron chi connectivity index (χ3n) is 5.50. The molecule has 7 nitrogen and oxygen atoms in total. The Kier molecular flexibility index (Phi) is 6.24. The van der Waals surface area contributed by atoms with Crippen molar-refractivity contribution < 1.29 is 21.6 Å². The fraction of sp³-hybridized carbons (Fsp3) is 0.0870. The van der Waals surface area contributed by atoms with Crippen molar-refractivity contribution >= 4 is 78.4 Å². The van der Waals surface area contributed by atoms with Gasteiger partial charge in [0.25, 0.3) is 18.1 Å². The number of hydrogen-bond acceptors (Lipinski definition) is 5. The molecule has 11 heteroatoms. The van der Waals surface area contributed by atoms with Gasteiger partial charge in [-0.2, -0.15) is 0 Å². The van der Waals surface area contributed by atoms with Crippen molar-refractivity contribution in [2.75, 3.05) is 23.9 Å². The van der Waals surface area contributed by atoms with Gasteiger partial charge in [0.1, 0.15) is 0 Å². The Morgan fingerprint density at radius 2 is 0.941 bits per heavy atom. The van der Waals surface area contributed by atoms with Gasteiger partial charge < -0.3 is 0 Å². The SMILES string of the molecule is CN(C(=O)N(C)c1ccc2ccc(S(=O)(=O)Cl)cc2c1)c1ccc2ccc(S(=O)(=O)Cl)cc2c1. The minimum absolute atomic E-state index is 0.0283. The first kappa shape index (κ1) is 24.3.